The van der Waals surface area contributed by atoms with Crippen molar-refractivity contribution in [1.82, 2.24) is 10.6 Å². The first kappa shape index (κ1) is 20.3. The molecule has 8 heteroatoms. The number of carbonyl (C=O) groups excluding carboxylic acids is 2. The van der Waals surface area contributed by atoms with Crippen molar-refractivity contribution in [3.8, 4) is 0 Å². The van der Waals surface area contributed by atoms with Crippen molar-refractivity contribution in [2.45, 2.75) is 38.9 Å². The van der Waals surface area contributed by atoms with E-state index in [1.165, 1.54) is 0 Å². The number of carboxylic acids is 1. The second kappa shape index (κ2) is 10.2. The van der Waals surface area contributed by atoms with Crippen molar-refractivity contribution in [2.24, 2.45) is 0 Å². The zero-order valence-electron chi connectivity index (χ0n) is 14.4. The van der Waals surface area contributed by atoms with Crippen LogP contribution in [-0.2, 0) is 20.9 Å². The number of carbonyl (C=O) groups is 3. The van der Waals surface area contributed by atoms with Gasteiger partial charge in [-0.3, -0.25) is 4.79 Å². The Labute approximate surface area is 146 Å². The Morgan fingerprint density at radius 2 is 1.76 bits per heavy atom. The van der Waals surface area contributed by atoms with Crippen molar-refractivity contribution < 1.29 is 29.0 Å². The fourth-order valence-electron chi connectivity index (χ4n) is 1.81. The smallest absolute Gasteiger partial charge is 0.407 e. The highest BCUT2D eigenvalue weighted by atomic mass is 16.6. The maximum absolute atomic E-state index is 11.7. The first-order chi connectivity index (χ1) is 11.8. The van der Waals surface area contributed by atoms with Crippen LogP contribution < -0.4 is 10.6 Å². The minimum absolute atomic E-state index is 0.0293. The molecule has 0 saturated heterocycles. The van der Waals surface area contributed by atoms with E-state index in [0.717, 1.165) is 5.56 Å². The lowest BCUT2D eigenvalue weighted by atomic mass is 10.1. The molecule has 0 saturated carbocycles. The number of aliphatic carboxylic acids is 1. The highest BCUT2D eigenvalue weighted by Gasteiger charge is 2.24. The van der Waals surface area contributed by atoms with Crippen LogP contribution in [0.5, 0.6) is 0 Å². The monoisotopic (exact) mass is 352 g/mol. The molecule has 0 aliphatic carbocycles. The Morgan fingerprint density at radius 1 is 1.08 bits per heavy atom. The lowest BCUT2D eigenvalue weighted by Gasteiger charge is -2.25. The van der Waals surface area contributed by atoms with Crippen LogP contribution in [0.15, 0.2) is 30.3 Å². The van der Waals surface area contributed by atoms with Crippen LogP contribution >= 0.6 is 0 Å². The normalized spacial score (nSPS) is 10.6. The molecule has 1 rings (SSSR count). The number of benzene rings is 1. The van der Waals surface area contributed by atoms with Crippen LogP contribution in [0.1, 0.15) is 32.3 Å². The highest BCUT2D eigenvalue weighted by Crippen LogP contribution is 2.08. The molecule has 0 radical (unpaired) electrons. The average Bonchev–Trinajstić information content (AvgIpc) is 2.55. The number of ether oxygens (including phenoxy) is 2. The number of carboxylic acid groups (broad SMARTS) is 1. The Kier molecular flexibility index (Phi) is 8.25. The summed E-state index contributed by atoms with van der Waals surface area (Å²) < 4.78 is 10.3. The number of amides is 2. The molecule has 138 valence electrons. The molecule has 0 aromatic heterocycles. The van der Waals surface area contributed by atoms with Crippen LogP contribution in [0.25, 0.3) is 0 Å². The molecule has 2 amide bonds. The predicted molar refractivity (Wildman–Crippen MR) is 90.1 cm³/mol. The van der Waals surface area contributed by atoms with Crippen molar-refractivity contribution in [3.63, 3.8) is 0 Å². The summed E-state index contributed by atoms with van der Waals surface area (Å²) in [5.74, 6) is -0.922. The quantitative estimate of drug-likeness (QED) is 0.588. The topological polar surface area (TPSA) is 114 Å². The Bertz CT molecular complexity index is 574. The summed E-state index contributed by atoms with van der Waals surface area (Å²) >= 11 is 0. The van der Waals surface area contributed by atoms with Gasteiger partial charge in [-0.1, -0.05) is 30.3 Å². The minimum atomic E-state index is -0.942. The Morgan fingerprint density at radius 3 is 2.40 bits per heavy atom. The van der Waals surface area contributed by atoms with E-state index in [1.54, 1.807) is 13.8 Å². The van der Waals surface area contributed by atoms with Crippen molar-refractivity contribution in [1.29, 1.82) is 0 Å². The van der Waals surface area contributed by atoms with Gasteiger partial charge in [0.05, 0.1) is 6.54 Å². The molecule has 0 aliphatic rings. The van der Waals surface area contributed by atoms with Crippen LogP contribution in [0.3, 0.4) is 0 Å². The van der Waals surface area contributed by atoms with Gasteiger partial charge >= 0.3 is 18.2 Å². The molecule has 3 N–H and O–H groups in total. The summed E-state index contributed by atoms with van der Waals surface area (Å²) in [6.07, 6.45) is -0.995. The molecule has 0 unspecified atom stereocenters. The second-order valence-corrected chi connectivity index (χ2v) is 5.99. The van der Waals surface area contributed by atoms with Gasteiger partial charge < -0.3 is 25.2 Å². The molecule has 0 spiro atoms. The highest BCUT2D eigenvalue weighted by molar-refractivity contribution is 5.69. The molecular weight excluding hydrogens is 328 g/mol. The number of hydrogen-bond acceptors (Lipinski definition) is 5. The lowest BCUT2D eigenvalue weighted by molar-refractivity contribution is -0.137. The van der Waals surface area contributed by atoms with E-state index in [9.17, 15) is 14.4 Å². The van der Waals surface area contributed by atoms with Gasteiger partial charge in [0, 0.05) is 13.0 Å². The molecule has 1 aromatic carbocycles. The lowest BCUT2D eigenvalue weighted by Crippen LogP contribution is -2.44. The molecular formula is C17H24N2O6. The zero-order chi connectivity index (χ0) is 18.7. The first-order valence-corrected chi connectivity index (χ1v) is 7.92. The third-order valence-corrected chi connectivity index (χ3v) is 3.08. The molecule has 0 heterocycles. The van der Waals surface area contributed by atoms with E-state index in [0.29, 0.717) is 6.42 Å². The van der Waals surface area contributed by atoms with Gasteiger partial charge in [-0.25, -0.2) is 9.59 Å². The van der Waals surface area contributed by atoms with Crippen molar-refractivity contribution >= 4 is 18.2 Å². The van der Waals surface area contributed by atoms with Crippen LogP contribution in [-0.4, -0.2) is 42.0 Å². The van der Waals surface area contributed by atoms with Gasteiger partial charge in [-0.05, 0) is 25.8 Å². The van der Waals surface area contributed by atoms with Gasteiger partial charge in [-0.2, -0.15) is 0 Å². The maximum atomic E-state index is 11.7. The van der Waals surface area contributed by atoms with E-state index in [1.807, 2.05) is 30.3 Å². The Balaban J connectivity index is 2.23. The fourth-order valence-corrected chi connectivity index (χ4v) is 1.81. The Hall–Kier alpha value is -2.77. The molecule has 8 nitrogen and oxygen atoms in total. The number of hydrogen-bond donors (Lipinski definition) is 3. The van der Waals surface area contributed by atoms with Crippen LogP contribution in [0.2, 0.25) is 0 Å². The zero-order valence-corrected chi connectivity index (χ0v) is 14.4. The molecule has 0 aliphatic heterocycles. The third-order valence-electron chi connectivity index (χ3n) is 3.08. The summed E-state index contributed by atoms with van der Waals surface area (Å²) in [5.41, 5.74) is -0.0725. The fraction of sp³-hybridized carbons (Fsp3) is 0.471. The van der Waals surface area contributed by atoms with Gasteiger partial charge in [0.2, 0.25) is 0 Å². The van der Waals surface area contributed by atoms with Gasteiger partial charge in [-0.15, -0.1) is 0 Å². The van der Waals surface area contributed by atoms with E-state index in [2.05, 4.69) is 10.6 Å². The van der Waals surface area contributed by atoms with Crippen molar-refractivity contribution in [3.05, 3.63) is 35.9 Å². The first-order valence-electron chi connectivity index (χ1n) is 7.92. The van der Waals surface area contributed by atoms with Crippen molar-refractivity contribution in [2.75, 3.05) is 13.1 Å². The SMILES string of the molecule is CC(C)(CNC(=O)OCc1ccccc1)OC(=O)NCCCC(=O)O. The molecule has 25 heavy (non-hydrogen) atoms. The molecule has 0 atom stereocenters. The largest absolute Gasteiger partial charge is 0.481 e. The average molecular weight is 352 g/mol. The van der Waals surface area contributed by atoms with E-state index < -0.39 is 23.8 Å². The summed E-state index contributed by atoms with van der Waals surface area (Å²) in [4.78, 5) is 33.7. The predicted octanol–water partition coefficient (Wildman–Crippen LogP) is 2.28. The summed E-state index contributed by atoms with van der Waals surface area (Å²) in [6.45, 7) is 3.71. The van der Waals surface area contributed by atoms with Gasteiger partial charge in [0.15, 0.2) is 0 Å². The standard InChI is InChI=1S/C17H24N2O6/c1-17(2,25-16(23)18-10-6-9-14(20)21)12-19-15(22)24-11-13-7-4-3-5-8-13/h3-5,7-8H,6,9-12H2,1-2H3,(H,18,23)(H,19,22)(H,20,21). The molecule has 0 fully saturated rings. The van der Waals surface area contributed by atoms with E-state index >= 15 is 0 Å². The van der Waals surface area contributed by atoms with Gasteiger partial charge in [0.25, 0.3) is 0 Å². The summed E-state index contributed by atoms with van der Waals surface area (Å²) in [5, 5.41) is 13.5. The minimum Gasteiger partial charge on any atom is -0.481 e. The molecule has 0 bridgehead atoms. The number of rotatable bonds is 9. The van der Waals surface area contributed by atoms with E-state index in [-0.39, 0.29) is 26.1 Å². The van der Waals surface area contributed by atoms with E-state index in [4.69, 9.17) is 14.6 Å². The maximum Gasteiger partial charge on any atom is 0.407 e. The summed E-state index contributed by atoms with van der Waals surface area (Å²) in [7, 11) is 0. The summed E-state index contributed by atoms with van der Waals surface area (Å²) in [6, 6.07) is 9.26. The number of nitrogens with one attached hydrogen (secondary N) is 2. The van der Waals surface area contributed by atoms with Crippen LogP contribution in [0, 0.1) is 0 Å². The third kappa shape index (κ3) is 9.85. The van der Waals surface area contributed by atoms with Crippen LogP contribution in [0.4, 0.5) is 9.59 Å². The molecule has 1 aromatic rings. The second-order valence-electron chi connectivity index (χ2n) is 5.99. The van der Waals surface area contributed by atoms with Gasteiger partial charge in [0.1, 0.15) is 12.2 Å². The number of alkyl carbamates (subject to hydrolysis) is 2.